The second-order valence-electron chi connectivity index (χ2n) is 28.5. The minimum Gasteiger partial charge on any atom is -0.691 e. The van der Waals surface area contributed by atoms with E-state index in [1.54, 1.807) is 11.6 Å². The van der Waals surface area contributed by atoms with E-state index in [9.17, 15) is 39.9 Å². The number of rotatable bonds is 8. The number of phenolic OH excluding ortho intramolecular Hbond substituents is 2. The van der Waals surface area contributed by atoms with E-state index >= 15 is 0 Å². The first-order valence-electron chi connectivity index (χ1n) is 32.5. The Balaban J connectivity index is 0.000000123. The quantitative estimate of drug-likeness (QED) is 0.0559. The van der Waals surface area contributed by atoms with Crippen LogP contribution in [0.2, 0.25) is 0 Å². The van der Waals surface area contributed by atoms with Gasteiger partial charge in [-0.1, -0.05) is 63.1 Å². The topological polar surface area (TPSA) is 210 Å². The molecule has 90 heavy (non-hydrogen) atoms. The summed E-state index contributed by atoms with van der Waals surface area (Å²) in [7, 11) is 0. The molecule has 0 amide bonds. The van der Waals surface area contributed by atoms with Gasteiger partial charge >= 0.3 is 59.1 Å². The molecule has 16 rings (SSSR count). The van der Waals surface area contributed by atoms with Crippen LogP contribution in [0.4, 0.5) is 0 Å². The van der Waals surface area contributed by atoms with E-state index in [2.05, 4.69) is 70.7 Å². The van der Waals surface area contributed by atoms with Crippen LogP contribution in [0.3, 0.4) is 0 Å². The summed E-state index contributed by atoms with van der Waals surface area (Å²) in [4.78, 5) is 49.2. The number of fused-ring (bicyclic) bond motifs is 18. The molecule has 4 aromatic rings. The molecular weight excluding hydrogens is 1200 g/mol. The van der Waals surface area contributed by atoms with E-state index in [4.69, 9.17) is 8.37 Å². The van der Waals surface area contributed by atoms with Crippen molar-refractivity contribution >= 4 is 58.9 Å². The van der Waals surface area contributed by atoms with Crippen molar-refractivity contribution < 1.29 is 126 Å². The number of allylic oxidation sites excluding steroid dienone is 4. The Bertz CT molecular complexity index is 3500. The fourth-order valence-corrected chi connectivity index (χ4v) is 20.7. The zero-order valence-electron chi connectivity index (χ0n) is 53.1. The molecule has 18 heteroatoms. The number of carbonyl (C=O) groups excluding carboxylic acids is 4. The Labute approximate surface area is 582 Å². The summed E-state index contributed by atoms with van der Waals surface area (Å²) in [5.74, 6) is 8.49. The number of hydrogen-bond acceptors (Lipinski definition) is 16. The molecule has 12 aliphatic carbocycles. The molecule has 6 saturated carbocycles. The molecule has 4 aromatic carbocycles. The van der Waals surface area contributed by atoms with Gasteiger partial charge in [-0.3, -0.25) is 29.3 Å². The van der Waals surface area contributed by atoms with Crippen LogP contribution < -0.4 is 78.0 Å². The van der Waals surface area contributed by atoms with Gasteiger partial charge < -0.3 is 29.1 Å². The molecular formula is C72H82Na2O14S2. The number of ketones is 4. The Kier molecular flexibility index (Phi) is 21.0. The Morgan fingerprint density at radius 2 is 0.822 bits per heavy atom. The van der Waals surface area contributed by atoms with Crippen molar-refractivity contribution in [2.24, 2.45) is 57.2 Å². The van der Waals surface area contributed by atoms with Crippen molar-refractivity contribution in [3.8, 4) is 23.0 Å². The van der Waals surface area contributed by atoms with Crippen molar-refractivity contribution in [2.75, 3.05) is 0 Å². The number of carbonyl (C=O) groups is 4. The fraction of sp³-hybridized carbons (Fsp3) is 0.556. The van der Waals surface area contributed by atoms with Crippen molar-refractivity contribution in [1.82, 2.24) is 0 Å². The van der Waals surface area contributed by atoms with Gasteiger partial charge in [-0.25, -0.2) is 0 Å². The minimum atomic E-state index is -0.133. The third kappa shape index (κ3) is 12.4. The van der Waals surface area contributed by atoms with Crippen molar-refractivity contribution in [3.63, 3.8) is 0 Å². The number of aryl methyl sites for hydroxylation is 4. The van der Waals surface area contributed by atoms with Crippen LogP contribution in [0.15, 0.2) is 83.9 Å². The number of benzene rings is 4. The maximum atomic E-state index is 12.4. The SMILES string of the molecule is CC12CCC3=C(CCc4cc(O)ccc43)C1CCC2=O.CC12CCC3=C(CCc4cc(OSOO[O-])ccc43)C1CCC2=O.CC12CCC3c4ccc(O)cc4CCC3C1CCC2=O.CC12CCC3c4ccc(OSOO[O-])cc4CCC3C1CCC2=O.[Na+].[Na+]. The Morgan fingerprint density at radius 3 is 1.32 bits per heavy atom. The third-order valence-electron chi connectivity index (χ3n) is 24.9. The van der Waals surface area contributed by atoms with Crippen LogP contribution >= 0.6 is 24.6 Å². The van der Waals surface area contributed by atoms with E-state index in [1.165, 1.54) is 67.6 Å². The van der Waals surface area contributed by atoms with E-state index < -0.39 is 0 Å². The predicted octanol–water partition coefficient (Wildman–Crippen LogP) is 8.31. The first kappa shape index (κ1) is 68.1. The summed E-state index contributed by atoms with van der Waals surface area (Å²) in [6, 6.07) is 23.7. The Hall–Kier alpha value is -3.30. The van der Waals surface area contributed by atoms with Crippen molar-refractivity contribution in [2.45, 2.75) is 194 Å². The molecule has 2 N–H and O–H groups in total. The van der Waals surface area contributed by atoms with Gasteiger partial charge in [0.1, 0.15) is 46.1 Å². The number of phenols is 2. The van der Waals surface area contributed by atoms with Gasteiger partial charge in [-0.2, -0.15) is 0 Å². The van der Waals surface area contributed by atoms with E-state index in [0.29, 0.717) is 118 Å². The van der Waals surface area contributed by atoms with Gasteiger partial charge in [-0.05, 0) is 280 Å². The summed E-state index contributed by atoms with van der Waals surface area (Å²) in [6.45, 7) is 8.77. The average Bonchev–Trinajstić information content (AvgIpc) is 1.47. The smallest absolute Gasteiger partial charge is 0.691 e. The number of hydrogen-bond donors (Lipinski definition) is 2. The molecule has 12 atom stereocenters. The number of Topliss-reactive ketones (excluding diaryl/α,β-unsaturated/α-hetero) is 4. The largest absolute Gasteiger partial charge is 1.00 e. The molecule has 0 heterocycles. The van der Waals surface area contributed by atoms with Crippen LogP contribution in [0.1, 0.15) is 212 Å². The van der Waals surface area contributed by atoms with Gasteiger partial charge in [0.15, 0.2) is 0 Å². The summed E-state index contributed by atoms with van der Waals surface area (Å²) in [5.41, 5.74) is 16.3. The second kappa shape index (κ2) is 27.8. The van der Waals surface area contributed by atoms with E-state index in [1.807, 2.05) is 42.5 Å². The van der Waals surface area contributed by atoms with E-state index in [0.717, 1.165) is 148 Å². The molecule has 0 aliphatic heterocycles. The van der Waals surface area contributed by atoms with Crippen molar-refractivity contribution in [3.05, 3.63) is 128 Å². The van der Waals surface area contributed by atoms with Crippen LogP contribution in [-0.4, -0.2) is 33.3 Å². The summed E-state index contributed by atoms with van der Waals surface area (Å²) < 4.78 is 18.8. The molecule has 0 radical (unpaired) electrons. The Morgan fingerprint density at radius 1 is 0.422 bits per heavy atom. The molecule has 0 aromatic heterocycles. The van der Waals surface area contributed by atoms with Gasteiger partial charge in [0.2, 0.25) is 0 Å². The van der Waals surface area contributed by atoms with Crippen LogP contribution in [-0.2, 0) is 63.6 Å². The first-order chi connectivity index (χ1) is 42.4. The summed E-state index contributed by atoms with van der Waals surface area (Å²) in [5, 5.41) is 45.4. The van der Waals surface area contributed by atoms with Crippen LogP contribution in [0.25, 0.3) is 11.1 Å². The molecule has 12 aliphatic rings. The normalized spacial score (nSPS) is 32.5. The summed E-state index contributed by atoms with van der Waals surface area (Å²) in [6.07, 6.45) is 24.0. The average molecular weight is 1280 g/mol. The van der Waals surface area contributed by atoms with Gasteiger partial charge in [0.05, 0.1) is 0 Å². The maximum absolute atomic E-state index is 12.4. The van der Waals surface area contributed by atoms with E-state index in [-0.39, 0.29) is 80.8 Å². The standard InChI is InChI=1S/C18H22O5S.C18H20O5S.C18H22O2.C18H20O2.2Na/c2*1-18-9-8-14-13-5-3-12(21-24-23-22-20)10-11(13)2-4-15(14)16(18)6-7-17(18)19;2*1-18-9-8-14-13-5-3-12(19)10-11(13)2-4-15(14)16(18)6-7-17(18)20;;/h3,5,10,14-16,20H,2,4,6-9H2,1H3;3,5,10,16,20H,2,4,6-9H2,1H3;3,5,10,14-16,19H,2,4,6-9H2,1H3;3,5,10,16,19H,2,4,6-9H2,1H3;;/q;;;;2*+1/p-2. The first-order valence-corrected chi connectivity index (χ1v) is 33.9. The third-order valence-corrected chi connectivity index (χ3v) is 25.6. The van der Waals surface area contributed by atoms with Crippen LogP contribution in [0.5, 0.6) is 23.0 Å². The fourth-order valence-electron chi connectivity index (χ4n) is 20.3. The predicted molar refractivity (Wildman–Crippen MR) is 330 cm³/mol. The van der Waals surface area contributed by atoms with Gasteiger partial charge in [-0.15, -0.1) is 8.67 Å². The van der Waals surface area contributed by atoms with Crippen LogP contribution in [0, 0.1) is 57.2 Å². The molecule has 0 spiro atoms. The zero-order valence-corrected chi connectivity index (χ0v) is 58.8. The molecule has 6 fully saturated rings. The monoisotopic (exact) mass is 1280 g/mol. The zero-order chi connectivity index (χ0) is 61.3. The molecule has 0 saturated heterocycles. The molecule has 12 unspecified atom stereocenters. The summed E-state index contributed by atoms with van der Waals surface area (Å²) >= 11 is 1.03. The van der Waals surface area contributed by atoms with Gasteiger partial charge in [0.25, 0.3) is 24.6 Å². The maximum Gasteiger partial charge on any atom is 1.00 e. The van der Waals surface area contributed by atoms with Gasteiger partial charge in [0, 0.05) is 47.3 Å². The minimum absolute atomic E-state index is 0. The van der Waals surface area contributed by atoms with Crippen molar-refractivity contribution in [1.29, 1.82) is 0 Å². The molecule has 14 nitrogen and oxygen atoms in total. The molecule has 0 bridgehead atoms. The second-order valence-corrected chi connectivity index (χ2v) is 29.4. The molecule has 468 valence electrons. The number of aromatic hydroxyl groups is 2.